The minimum Gasteiger partial charge on any atom is -0.494 e. The van der Waals surface area contributed by atoms with E-state index in [2.05, 4.69) is 5.32 Å². The van der Waals surface area contributed by atoms with Gasteiger partial charge < -0.3 is 19.5 Å². The van der Waals surface area contributed by atoms with Crippen LogP contribution in [-0.4, -0.2) is 31.7 Å². The molecule has 0 saturated carbocycles. The first kappa shape index (κ1) is 14.4. The van der Waals surface area contributed by atoms with E-state index >= 15 is 0 Å². The van der Waals surface area contributed by atoms with Gasteiger partial charge in [-0.25, -0.2) is 4.79 Å². The zero-order valence-corrected chi connectivity index (χ0v) is 12.0. The van der Waals surface area contributed by atoms with Gasteiger partial charge in [-0.05, 0) is 25.5 Å². The first-order chi connectivity index (χ1) is 9.61. The molecule has 1 aliphatic rings. The molecule has 0 fully saturated rings. The average Bonchev–Trinajstić information content (AvgIpc) is 2.81. The summed E-state index contributed by atoms with van der Waals surface area (Å²) < 4.78 is 15.1. The van der Waals surface area contributed by atoms with Crippen molar-refractivity contribution >= 4 is 28.2 Å². The van der Waals surface area contributed by atoms with Gasteiger partial charge in [-0.15, -0.1) is 11.3 Å². The van der Waals surface area contributed by atoms with E-state index in [0.29, 0.717) is 29.7 Å². The second-order valence-corrected chi connectivity index (χ2v) is 5.05. The molecule has 7 heteroatoms. The summed E-state index contributed by atoms with van der Waals surface area (Å²) in [6, 6.07) is 1.72. The first-order valence-corrected chi connectivity index (χ1v) is 6.97. The lowest BCUT2D eigenvalue weighted by Gasteiger charge is -2.14. The third-order valence-electron chi connectivity index (χ3n) is 2.49. The summed E-state index contributed by atoms with van der Waals surface area (Å²) in [6.07, 6.45) is 1.28. The summed E-state index contributed by atoms with van der Waals surface area (Å²) in [7, 11) is 0. The van der Waals surface area contributed by atoms with Crippen molar-refractivity contribution in [1.29, 1.82) is 0 Å². The molecule has 1 N–H and O–H groups in total. The van der Waals surface area contributed by atoms with E-state index in [0.717, 1.165) is 5.56 Å². The highest BCUT2D eigenvalue weighted by molar-refractivity contribution is 7.18. The van der Waals surface area contributed by atoms with Crippen molar-refractivity contribution in [2.24, 2.45) is 0 Å². The molecule has 0 unspecified atom stereocenters. The normalized spacial score (nSPS) is 13.8. The van der Waals surface area contributed by atoms with Crippen LogP contribution in [0.3, 0.4) is 0 Å². The van der Waals surface area contributed by atoms with Crippen molar-refractivity contribution in [3.8, 4) is 0 Å². The number of aryl methyl sites for hydroxylation is 1. The van der Waals surface area contributed by atoms with Crippen LogP contribution in [0, 0.1) is 6.92 Å². The van der Waals surface area contributed by atoms with Crippen molar-refractivity contribution in [3.05, 3.63) is 28.5 Å². The molecule has 20 heavy (non-hydrogen) atoms. The van der Waals surface area contributed by atoms with E-state index in [4.69, 9.17) is 14.2 Å². The van der Waals surface area contributed by atoms with Gasteiger partial charge in [0.25, 0.3) is 5.91 Å². The highest BCUT2D eigenvalue weighted by atomic mass is 32.1. The van der Waals surface area contributed by atoms with E-state index in [1.807, 2.05) is 0 Å². The molecule has 6 nitrogen and oxygen atoms in total. The Balaban J connectivity index is 2.06. The Labute approximate surface area is 120 Å². The van der Waals surface area contributed by atoms with Gasteiger partial charge in [0.05, 0.1) is 11.6 Å². The summed E-state index contributed by atoms with van der Waals surface area (Å²) in [5.41, 5.74) is 0.763. The first-order valence-electron chi connectivity index (χ1n) is 6.15. The van der Waals surface area contributed by atoms with Crippen LogP contribution in [0.15, 0.2) is 18.1 Å². The second-order valence-electron chi connectivity index (χ2n) is 4.00. The smallest absolute Gasteiger partial charge is 0.348 e. The van der Waals surface area contributed by atoms with Crippen LogP contribution in [0.2, 0.25) is 0 Å². The maximum Gasteiger partial charge on any atom is 0.348 e. The lowest BCUT2D eigenvalue weighted by Crippen LogP contribution is -2.20. The molecule has 1 aromatic rings. The summed E-state index contributed by atoms with van der Waals surface area (Å²) in [6.45, 7) is 4.63. The SMILES string of the molecule is CCOC(=O)c1sc(NC(=O)C2=COCCO2)cc1C. The standard InChI is InChI=1S/C13H15NO5S/c1-3-18-13(16)11-8(2)6-10(20-11)14-12(15)9-7-17-4-5-19-9/h6-7H,3-5H2,1-2H3,(H,14,15). The number of hydrogen-bond acceptors (Lipinski definition) is 6. The molecule has 1 aromatic heterocycles. The molecule has 108 valence electrons. The number of amides is 1. The fraction of sp³-hybridized carbons (Fsp3) is 0.385. The maximum absolute atomic E-state index is 11.9. The molecule has 1 aliphatic heterocycles. The van der Waals surface area contributed by atoms with Crippen molar-refractivity contribution in [1.82, 2.24) is 0 Å². The average molecular weight is 297 g/mol. The molecule has 1 amide bonds. The van der Waals surface area contributed by atoms with Gasteiger partial charge in [0.2, 0.25) is 5.76 Å². The van der Waals surface area contributed by atoms with Gasteiger partial charge in [0.15, 0.2) is 0 Å². The van der Waals surface area contributed by atoms with Crippen LogP contribution >= 0.6 is 11.3 Å². The summed E-state index contributed by atoms with van der Waals surface area (Å²) in [4.78, 5) is 24.1. The topological polar surface area (TPSA) is 73.9 Å². The summed E-state index contributed by atoms with van der Waals surface area (Å²) >= 11 is 1.17. The molecule has 0 radical (unpaired) electrons. The van der Waals surface area contributed by atoms with Crippen LogP contribution < -0.4 is 5.32 Å². The highest BCUT2D eigenvalue weighted by Gasteiger charge is 2.19. The number of rotatable bonds is 4. The molecule has 2 heterocycles. The Bertz CT molecular complexity index is 549. The highest BCUT2D eigenvalue weighted by Crippen LogP contribution is 2.27. The third kappa shape index (κ3) is 3.30. The van der Waals surface area contributed by atoms with Crippen LogP contribution in [-0.2, 0) is 19.0 Å². The van der Waals surface area contributed by atoms with Crippen molar-refractivity contribution in [3.63, 3.8) is 0 Å². The predicted molar refractivity (Wildman–Crippen MR) is 73.6 cm³/mol. The fourth-order valence-electron chi connectivity index (χ4n) is 1.60. The number of anilines is 1. The van der Waals surface area contributed by atoms with E-state index in [-0.39, 0.29) is 11.7 Å². The molecule has 0 saturated heterocycles. The van der Waals surface area contributed by atoms with Gasteiger partial charge in [0.1, 0.15) is 24.4 Å². The summed E-state index contributed by atoms with van der Waals surface area (Å²) in [5, 5.41) is 3.23. The van der Waals surface area contributed by atoms with Gasteiger partial charge in [-0.3, -0.25) is 4.79 Å². The number of ether oxygens (including phenoxy) is 3. The minimum absolute atomic E-state index is 0.125. The van der Waals surface area contributed by atoms with E-state index in [9.17, 15) is 9.59 Å². The molecule has 0 aliphatic carbocycles. The Morgan fingerprint density at radius 2 is 2.25 bits per heavy atom. The maximum atomic E-state index is 11.9. The minimum atomic E-state index is -0.402. The number of hydrogen-bond donors (Lipinski definition) is 1. The molecule has 2 rings (SSSR count). The zero-order valence-electron chi connectivity index (χ0n) is 11.2. The largest absolute Gasteiger partial charge is 0.494 e. The fourth-order valence-corrected chi connectivity index (χ4v) is 2.57. The lowest BCUT2D eigenvalue weighted by atomic mass is 10.3. The molecule has 0 atom stereocenters. The quantitative estimate of drug-likeness (QED) is 0.861. The number of esters is 1. The van der Waals surface area contributed by atoms with Crippen LogP contribution in [0.25, 0.3) is 0 Å². The lowest BCUT2D eigenvalue weighted by molar-refractivity contribution is -0.117. The molecular formula is C13H15NO5S. The Hall–Kier alpha value is -2.02. The number of thiophene rings is 1. The molecule has 0 bridgehead atoms. The van der Waals surface area contributed by atoms with Gasteiger partial charge in [-0.2, -0.15) is 0 Å². The van der Waals surface area contributed by atoms with E-state index in [1.54, 1.807) is 19.9 Å². The predicted octanol–water partition coefficient (Wildman–Crippen LogP) is 2.06. The van der Waals surface area contributed by atoms with Crippen molar-refractivity contribution in [2.75, 3.05) is 25.1 Å². The van der Waals surface area contributed by atoms with Crippen LogP contribution in [0.1, 0.15) is 22.2 Å². The summed E-state index contributed by atoms with van der Waals surface area (Å²) in [5.74, 6) is -0.659. The number of carbonyl (C=O) groups is 2. The second kappa shape index (κ2) is 6.42. The van der Waals surface area contributed by atoms with Crippen molar-refractivity contribution < 1.29 is 23.8 Å². The van der Waals surface area contributed by atoms with Gasteiger partial charge in [-0.1, -0.05) is 0 Å². The Kier molecular flexibility index (Phi) is 4.62. The van der Waals surface area contributed by atoms with Gasteiger partial charge in [0, 0.05) is 0 Å². The molecule has 0 aromatic carbocycles. The van der Waals surface area contributed by atoms with E-state index < -0.39 is 5.91 Å². The van der Waals surface area contributed by atoms with Crippen LogP contribution in [0.5, 0.6) is 0 Å². The van der Waals surface area contributed by atoms with Crippen molar-refractivity contribution in [2.45, 2.75) is 13.8 Å². The van der Waals surface area contributed by atoms with E-state index in [1.165, 1.54) is 17.6 Å². The zero-order chi connectivity index (χ0) is 14.5. The third-order valence-corrected chi connectivity index (χ3v) is 3.62. The molecular weight excluding hydrogens is 282 g/mol. The number of nitrogens with one attached hydrogen (secondary N) is 1. The Morgan fingerprint density at radius 3 is 2.90 bits per heavy atom. The Morgan fingerprint density at radius 1 is 1.45 bits per heavy atom. The van der Waals surface area contributed by atoms with Crippen LogP contribution in [0.4, 0.5) is 5.00 Å². The van der Waals surface area contributed by atoms with Gasteiger partial charge >= 0.3 is 5.97 Å². The monoisotopic (exact) mass is 297 g/mol. The molecule has 0 spiro atoms. The number of carbonyl (C=O) groups excluding carboxylic acids is 2.